The van der Waals surface area contributed by atoms with Gasteiger partial charge in [0.05, 0.1) is 0 Å². The predicted octanol–water partition coefficient (Wildman–Crippen LogP) is 3.24. The molecule has 0 aromatic heterocycles. The maximum absolute atomic E-state index is 6.19. The summed E-state index contributed by atoms with van der Waals surface area (Å²) < 4.78 is 48.3. The van der Waals surface area contributed by atoms with E-state index in [-0.39, 0.29) is 25.2 Å². The molecule has 0 aliphatic carbocycles. The van der Waals surface area contributed by atoms with Gasteiger partial charge in [0.1, 0.15) is 0 Å². The van der Waals surface area contributed by atoms with E-state index in [4.69, 9.17) is 35.4 Å². The van der Waals surface area contributed by atoms with Gasteiger partial charge < -0.3 is 0 Å². The molecule has 0 saturated heterocycles. The Labute approximate surface area is 160 Å². The van der Waals surface area contributed by atoms with E-state index in [1.54, 1.807) is 26.0 Å². The molecule has 0 radical (unpaired) electrons. The number of esters is 2. The molecule has 0 saturated carbocycles. The van der Waals surface area contributed by atoms with Crippen LogP contribution in [0, 0.1) is 0 Å². The monoisotopic (exact) mass is 404 g/mol. The van der Waals surface area contributed by atoms with Crippen molar-refractivity contribution in [1.82, 2.24) is 0 Å². The molecule has 0 atom stereocenters. The SMILES string of the molecule is CCCO[Si-2]12(OCCC)(OC(C)=CC(OCC)=[O+]1)OC(C)=CC(OCC)=[O+]2. The van der Waals surface area contributed by atoms with E-state index >= 15 is 0 Å². The first-order valence-electron chi connectivity index (χ1n) is 9.59. The van der Waals surface area contributed by atoms with Gasteiger partial charge in [0, 0.05) is 0 Å². The van der Waals surface area contributed by atoms with E-state index in [1.165, 1.54) is 0 Å². The summed E-state index contributed by atoms with van der Waals surface area (Å²) in [6, 6.07) is 0. The summed E-state index contributed by atoms with van der Waals surface area (Å²) in [7, 11) is -6.04. The van der Waals surface area contributed by atoms with Crippen LogP contribution in [0.2, 0.25) is 0 Å². The Kier molecular flexibility index (Phi) is 6.08. The molecule has 27 heavy (non-hydrogen) atoms. The molecule has 2 aliphatic heterocycles. The van der Waals surface area contributed by atoms with Crippen LogP contribution in [0.1, 0.15) is 54.4 Å². The van der Waals surface area contributed by atoms with Gasteiger partial charge in [-0.1, -0.05) is 0 Å². The topological polar surface area (TPSA) is 78.0 Å². The zero-order valence-corrected chi connectivity index (χ0v) is 18.2. The van der Waals surface area contributed by atoms with Crippen molar-refractivity contribution >= 4 is 20.0 Å². The molecule has 156 valence electrons. The van der Waals surface area contributed by atoms with Crippen LogP contribution in [-0.2, 0) is 35.4 Å². The third-order valence-corrected chi connectivity index (χ3v) is 8.07. The van der Waals surface area contributed by atoms with Crippen LogP contribution in [0.5, 0.6) is 0 Å². The van der Waals surface area contributed by atoms with Crippen molar-refractivity contribution in [2.75, 3.05) is 26.4 Å². The molecule has 0 N–H and O–H groups in total. The first-order valence-corrected chi connectivity index (χ1v) is 12.0. The fourth-order valence-corrected chi connectivity index (χ4v) is 7.50. The quantitative estimate of drug-likeness (QED) is 0.351. The van der Waals surface area contributed by atoms with Gasteiger partial charge in [0.15, 0.2) is 0 Å². The number of hydrogen-bond donors (Lipinski definition) is 0. The Morgan fingerprint density at radius 1 is 0.778 bits per heavy atom. The average Bonchev–Trinajstić information content (AvgIpc) is 2.58. The molecule has 2 rings (SSSR count). The molecule has 0 aromatic rings. The summed E-state index contributed by atoms with van der Waals surface area (Å²) in [6.45, 7) is 12.2. The van der Waals surface area contributed by atoms with Crippen molar-refractivity contribution in [3.8, 4) is 0 Å². The Bertz CT molecular complexity index is 631. The first-order chi connectivity index (χ1) is 12.8. The van der Waals surface area contributed by atoms with Gasteiger partial charge in [-0.3, -0.25) is 0 Å². The zero-order chi connectivity index (χ0) is 20.0. The fraction of sp³-hybridized carbons (Fsp3) is 0.667. The number of ether oxygens (including phenoxy) is 2. The van der Waals surface area contributed by atoms with Gasteiger partial charge in [0.2, 0.25) is 0 Å². The van der Waals surface area contributed by atoms with Crippen LogP contribution in [0.4, 0.5) is 0 Å². The second-order valence-electron chi connectivity index (χ2n) is 6.37. The van der Waals surface area contributed by atoms with Crippen molar-refractivity contribution in [2.45, 2.75) is 54.4 Å². The molecule has 0 unspecified atom stereocenters. The molecular formula is C18H32O8Si. The summed E-state index contributed by atoms with van der Waals surface area (Å²) in [5.74, 6) is 1.13. The van der Waals surface area contributed by atoms with Gasteiger partial charge in [-0.2, -0.15) is 0 Å². The number of hydrogen-bond acceptors (Lipinski definition) is 6. The minimum absolute atomic E-state index is 0.142. The van der Waals surface area contributed by atoms with Crippen LogP contribution >= 0.6 is 0 Å². The normalized spacial score (nSPS) is 24.4. The van der Waals surface area contributed by atoms with E-state index in [9.17, 15) is 0 Å². The molecule has 0 aromatic carbocycles. The summed E-state index contributed by atoms with van der Waals surface area (Å²) in [5, 5.41) is 0. The summed E-state index contributed by atoms with van der Waals surface area (Å²) in [5.41, 5.74) is 0. The second-order valence-corrected chi connectivity index (χ2v) is 10.3. The van der Waals surface area contributed by atoms with E-state index in [0.29, 0.717) is 37.6 Å². The van der Waals surface area contributed by atoms with E-state index in [0.717, 1.165) is 0 Å². The minimum atomic E-state index is -6.04. The van der Waals surface area contributed by atoms with Crippen LogP contribution in [0.3, 0.4) is 0 Å². The van der Waals surface area contributed by atoms with Crippen LogP contribution in [-0.4, -0.2) is 46.5 Å². The third kappa shape index (κ3) is 4.04. The van der Waals surface area contributed by atoms with Gasteiger partial charge in [-0.25, -0.2) is 0 Å². The molecule has 1 spiro atoms. The zero-order valence-electron chi connectivity index (χ0n) is 17.2. The molecule has 2 aliphatic rings. The van der Waals surface area contributed by atoms with Gasteiger partial charge in [-0.15, -0.1) is 0 Å². The van der Waals surface area contributed by atoms with Crippen molar-refractivity contribution in [3.05, 3.63) is 23.7 Å². The summed E-state index contributed by atoms with van der Waals surface area (Å²) in [4.78, 5) is 0. The van der Waals surface area contributed by atoms with E-state index in [2.05, 4.69) is 0 Å². The van der Waals surface area contributed by atoms with Crippen LogP contribution in [0.25, 0.3) is 0 Å². The Morgan fingerprint density at radius 2 is 1.19 bits per heavy atom. The van der Waals surface area contributed by atoms with Crippen molar-refractivity contribution in [1.29, 1.82) is 0 Å². The molecule has 9 heteroatoms. The van der Waals surface area contributed by atoms with Crippen LogP contribution < -0.4 is 0 Å². The van der Waals surface area contributed by atoms with E-state index < -0.39 is 8.09 Å². The fourth-order valence-electron chi connectivity index (χ4n) is 2.97. The molecule has 0 fully saturated rings. The van der Waals surface area contributed by atoms with Crippen molar-refractivity contribution < 1.29 is 35.4 Å². The second kappa shape index (κ2) is 7.65. The van der Waals surface area contributed by atoms with Crippen molar-refractivity contribution in [2.24, 2.45) is 0 Å². The average molecular weight is 405 g/mol. The molecule has 0 bridgehead atoms. The molecule has 0 amide bonds. The van der Waals surface area contributed by atoms with Gasteiger partial charge >= 0.3 is 160 Å². The van der Waals surface area contributed by atoms with Gasteiger partial charge in [-0.05, 0) is 0 Å². The summed E-state index contributed by atoms with van der Waals surface area (Å²) >= 11 is 0. The van der Waals surface area contributed by atoms with Crippen LogP contribution in [0.15, 0.2) is 23.7 Å². The molecular weight excluding hydrogens is 372 g/mol. The number of allylic oxidation sites excluding steroid dienone is 2. The Hall–Kier alpha value is -1.84. The van der Waals surface area contributed by atoms with Gasteiger partial charge in [0.25, 0.3) is 0 Å². The first kappa shape index (κ1) is 21.5. The maximum atomic E-state index is 6.19. The Balaban J connectivity index is 2.81. The Morgan fingerprint density at radius 3 is 1.52 bits per heavy atom. The molecule has 8 nitrogen and oxygen atoms in total. The van der Waals surface area contributed by atoms with Crippen molar-refractivity contribution in [3.63, 3.8) is 0 Å². The number of carbonyl (C=O) groups excluding carboxylic acids is 2. The number of rotatable bonds is 8. The standard InChI is InChI=1S/C18H32O8Si/c1-7-11-21-27(22-12-8-2,23-15(5)13-17(25-27)19-9-3)24-16(6)14-18(26-27)20-10-4/h13-14H,7-12H2,1-6H3. The predicted molar refractivity (Wildman–Crippen MR) is 101 cm³/mol. The molecule has 2 heterocycles. The third-order valence-electron chi connectivity index (χ3n) is 3.77. The summed E-state index contributed by atoms with van der Waals surface area (Å²) in [6.07, 6.45) is 4.51. The van der Waals surface area contributed by atoms with E-state index in [1.807, 2.05) is 27.7 Å².